The van der Waals surface area contributed by atoms with E-state index in [1.165, 1.54) is 16.7 Å². The van der Waals surface area contributed by atoms with Gasteiger partial charge < -0.3 is 8.98 Å². The number of rotatable bonds is 9. The Labute approximate surface area is 428 Å². The van der Waals surface area contributed by atoms with Crippen molar-refractivity contribution in [2.75, 3.05) is 0 Å². The van der Waals surface area contributed by atoms with Gasteiger partial charge in [-0.2, -0.15) is 0 Å². The number of nitrogens with zero attached hydrogens (tertiary/aromatic N) is 4. The molecule has 0 atom stereocenters. The Morgan fingerprint density at radius 1 is 0.643 bits per heavy atom. The van der Waals surface area contributed by atoms with E-state index in [1.54, 1.807) is 4.40 Å². The van der Waals surface area contributed by atoms with Crippen molar-refractivity contribution in [1.82, 2.24) is 19.5 Å². The van der Waals surface area contributed by atoms with E-state index in [-0.39, 0.29) is 20.1 Å². The van der Waals surface area contributed by atoms with Crippen LogP contribution in [0.3, 0.4) is 0 Å². The number of para-hydroxylation sites is 3. The molecule has 1 radical (unpaired) electrons. The van der Waals surface area contributed by atoms with Crippen molar-refractivity contribution in [1.29, 1.82) is 0 Å². The molecule has 0 bridgehead atoms. The second kappa shape index (κ2) is 20.3. The summed E-state index contributed by atoms with van der Waals surface area (Å²) in [6.07, 6.45) is 3.27. The minimum atomic E-state index is -1.86. The molecule has 70 heavy (non-hydrogen) atoms. The molecule has 0 aliphatic rings. The molecule has 0 N–H and O–H groups in total. The second-order valence-electron chi connectivity index (χ2n) is 19.5. The molecule has 11 rings (SSSR count). The Bertz CT molecular complexity index is 3550. The first-order chi connectivity index (χ1) is 33.4. The van der Waals surface area contributed by atoms with Crippen molar-refractivity contribution in [2.45, 2.75) is 58.3 Å². The molecule has 0 aliphatic heterocycles. The minimum absolute atomic E-state index is 0. The number of furan rings is 1. The summed E-state index contributed by atoms with van der Waals surface area (Å²) < 4.78 is 10.6. The van der Waals surface area contributed by atoms with E-state index < -0.39 is 13.3 Å². The van der Waals surface area contributed by atoms with E-state index in [0.29, 0.717) is 11.6 Å². The van der Waals surface area contributed by atoms with Crippen molar-refractivity contribution in [3.8, 4) is 61.8 Å². The normalized spacial score (nSPS) is 11.5. The summed E-state index contributed by atoms with van der Waals surface area (Å²) >= 11 is -1.86. The van der Waals surface area contributed by atoms with Gasteiger partial charge in [-0.15, -0.1) is 17.7 Å². The smallest absolute Gasteiger partial charge is 0.216 e. The summed E-state index contributed by atoms with van der Waals surface area (Å²) in [7, 11) is 0. The van der Waals surface area contributed by atoms with Crippen LogP contribution in [0.15, 0.2) is 180 Å². The zero-order chi connectivity index (χ0) is 47.8. The van der Waals surface area contributed by atoms with Gasteiger partial charge in [0.05, 0.1) is 33.8 Å². The van der Waals surface area contributed by atoms with Gasteiger partial charge in [-0.1, -0.05) is 127 Å². The number of hydrogen-bond acceptors (Lipinski definition) is 4. The van der Waals surface area contributed by atoms with Gasteiger partial charge in [-0.25, -0.2) is 4.98 Å². The molecule has 7 heteroatoms. The zero-order valence-corrected chi connectivity index (χ0v) is 45.6. The van der Waals surface area contributed by atoms with E-state index in [0.717, 1.165) is 101 Å². The summed E-state index contributed by atoms with van der Waals surface area (Å²) in [6, 6.07) is 65.9. The zero-order valence-electron chi connectivity index (χ0n) is 41.1. The Morgan fingerprint density at radius 2 is 1.29 bits per heavy atom. The first kappa shape index (κ1) is 48.3. The largest absolute Gasteiger partial charge is 0.486 e. The van der Waals surface area contributed by atoms with E-state index in [1.807, 2.05) is 24.3 Å². The third-order valence-electron chi connectivity index (χ3n) is 13.0. The van der Waals surface area contributed by atoms with Crippen LogP contribution >= 0.6 is 0 Å². The van der Waals surface area contributed by atoms with E-state index >= 15 is 0 Å². The number of imidazole rings is 1. The molecule has 4 heterocycles. The van der Waals surface area contributed by atoms with Crippen molar-refractivity contribution in [3.63, 3.8) is 0 Å². The van der Waals surface area contributed by atoms with Crippen LogP contribution < -0.4 is 4.40 Å². The van der Waals surface area contributed by atoms with Crippen LogP contribution in [-0.4, -0.2) is 32.8 Å². The van der Waals surface area contributed by atoms with Crippen LogP contribution in [0.2, 0.25) is 17.3 Å². The van der Waals surface area contributed by atoms with Gasteiger partial charge in [0.2, 0.25) is 5.71 Å². The van der Waals surface area contributed by atoms with Gasteiger partial charge in [-0.3, -0.25) is 4.98 Å². The molecule has 0 saturated carbocycles. The number of aromatic nitrogens is 4. The van der Waals surface area contributed by atoms with Crippen molar-refractivity contribution >= 4 is 50.8 Å². The van der Waals surface area contributed by atoms with Crippen LogP contribution in [0, 0.1) is 38.8 Å². The van der Waals surface area contributed by atoms with Crippen molar-refractivity contribution < 1.29 is 24.5 Å². The average molecular weight is 1150 g/mol. The first-order valence-corrected chi connectivity index (χ1v) is 31.3. The minimum Gasteiger partial charge on any atom is -0.486 e. The molecule has 0 aliphatic carbocycles. The second-order valence-corrected chi connectivity index (χ2v) is 30.1. The quantitative estimate of drug-likeness (QED) is 0.107. The molecule has 0 saturated heterocycles. The Hall–Kier alpha value is -6.70. The van der Waals surface area contributed by atoms with Crippen LogP contribution in [0.5, 0.6) is 0 Å². The summed E-state index contributed by atoms with van der Waals surface area (Å²) in [5.74, 6) is 8.76. The fourth-order valence-corrected chi connectivity index (χ4v) is 13.1. The summed E-state index contributed by atoms with van der Waals surface area (Å²) in [4.78, 5) is 15.1. The third-order valence-corrected chi connectivity index (χ3v) is 17.3. The van der Waals surface area contributed by atoms with Gasteiger partial charge in [0, 0.05) is 42.2 Å². The monoisotopic (exact) mass is 1150 g/mol. The Balaban J connectivity index is 0.000000244. The maximum absolute atomic E-state index is 6.78. The van der Waals surface area contributed by atoms with E-state index in [9.17, 15) is 0 Å². The third kappa shape index (κ3) is 9.49. The fraction of sp³-hybridized carbons (Fsp3) is 0.159. The maximum Gasteiger partial charge on any atom is 0.216 e. The van der Waals surface area contributed by atoms with E-state index in [4.69, 9.17) is 19.4 Å². The predicted octanol–water partition coefficient (Wildman–Crippen LogP) is 16.0. The van der Waals surface area contributed by atoms with Crippen LogP contribution in [0.4, 0.5) is 0 Å². The first-order valence-electron chi connectivity index (χ1n) is 23.9. The number of hydrogen-bond donors (Lipinski definition) is 0. The number of aryl methyl sites for hydroxylation is 3. The van der Waals surface area contributed by atoms with Crippen LogP contribution in [-0.2, 0) is 26.5 Å². The molecular weight excluding hydrogens is 1090 g/mol. The summed E-state index contributed by atoms with van der Waals surface area (Å²) in [5.41, 5.74) is 18.7. The molecule has 0 spiro atoms. The van der Waals surface area contributed by atoms with Crippen molar-refractivity contribution in [2.24, 2.45) is 5.92 Å². The van der Waals surface area contributed by atoms with Crippen molar-refractivity contribution in [3.05, 3.63) is 210 Å². The number of benzene rings is 7. The van der Waals surface area contributed by atoms with E-state index in [2.05, 4.69) is 220 Å². The molecular formula is C63H56GeIrN4O-2. The predicted molar refractivity (Wildman–Crippen MR) is 291 cm³/mol. The van der Waals surface area contributed by atoms with Gasteiger partial charge in [0.25, 0.3) is 0 Å². The fourth-order valence-electron chi connectivity index (χ4n) is 9.77. The molecule has 7 aromatic carbocycles. The molecule has 11 aromatic rings. The molecule has 0 fully saturated rings. The topological polar surface area (TPSA) is 56.7 Å². The van der Waals surface area contributed by atoms with Gasteiger partial charge >= 0.3 is 126 Å². The SMILES string of the molecule is CC(C)Cc1cc(-c2[c-]cccc2)nc[c]1[Ge]([CH3])([CH3])[CH3].Cc1cccc(C)c1-c1ccc2c(n1)oc1c(-c3nc4ccccc4n3-c3c(-c4ccccc4)cccc3-c3ccccc3)[c-]cc(C)c12.[Ir]. The molecule has 4 aromatic heterocycles. The molecule has 0 amide bonds. The molecule has 0 unspecified atom stereocenters. The standard InChI is InChI=1S/C45H32N3O.C18H24GeN.Ir/c1-28-14-12-15-29(2)40(28)38-27-26-35-41-30(3)24-25-36(43(41)49-45(35)47-38)44-46-37-22-10-11-23-39(37)48(44)42-33(31-16-6-4-7-17-31)20-13-21-34(42)32-18-8-5-9-19-32;1-14(2)11-16-12-18(15-9-7-6-8-10-15)20-13-17(16)19(3,4)5;/h4-24,26-27H,1-3H3;6-9,12-14H,11H2,1-5H3;/q2*-1;. The van der Waals surface area contributed by atoms with Crippen LogP contribution in [0.1, 0.15) is 36.1 Å². The van der Waals surface area contributed by atoms with Crippen LogP contribution in [0.25, 0.3) is 94.9 Å². The Morgan fingerprint density at radius 3 is 1.93 bits per heavy atom. The summed E-state index contributed by atoms with van der Waals surface area (Å²) in [6.45, 7) is 10.9. The van der Waals surface area contributed by atoms with Gasteiger partial charge in [0.15, 0.2) is 0 Å². The van der Waals surface area contributed by atoms with Gasteiger partial charge in [0.1, 0.15) is 0 Å². The molecule has 5 nitrogen and oxygen atoms in total. The number of fused-ring (bicyclic) bond motifs is 4. The Kier molecular flexibility index (Phi) is 14.0. The summed E-state index contributed by atoms with van der Waals surface area (Å²) in [5, 5.41) is 2.01. The maximum atomic E-state index is 6.78. The average Bonchev–Trinajstić information content (AvgIpc) is 3.94. The molecule has 349 valence electrons. The van der Waals surface area contributed by atoms with Gasteiger partial charge in [-0.05, 0) is 60.4 Å². The number of pyridine rings is 2.